The molecule has 74 valence electrons. The lowest BCUT2D eigenvalue weighted by molar-refractivity contribution is 0.380. The van der Waals surface area contributed by atoms with Crippen LogP contribution in [0.5, 0.6) is 0 Å². The van der Waals surface area contributed by atoms with Gasteiger partial charge in [0.1, 0.15) is 0 Å². The molecule has 3 heteroatoms. The minimum atomic E-state index is -1.56. The van der Waals surface area contributed by atoms with Crippen LogP contribution in [0.4, 0.5) is 4.39 Å². The lowest BCUT2D eigenvalue weighted by atomic mass is 10.1. The average Bonchev–Trinajstić information content (AvgIpc) is 1.94. The Morgan fingerprint density at radius 2 is 1.50 bits per heavy atom. The van der Waals surface area contributed by atoms with Crippen molar-refractivity contribution in [3.05, 3.63) is 0 Å². The molecule has 0 unspecified atom stereocenters. The van der Waals surface area contributed by atoms with Crippen LogP contribution in [-0.2, 0) is 0 Å². The van der Waals surface area contributed by atoms with Crippen LogP contribution in [0.1, 0.15) is 51.9 Å². The average molecular weight is 210 g/mol. The van der Waals surface area contributed by atoms with Crippen molar-refractivity contribution in [2.24, 2.45) is 0 Å². The Labute approximate surface area is 86.1 Å². The molecule has 0 saturated heterocycles. The van der Waals surface area contributed by atoms with E-state index >= 15 is 0 Å². The maximum Gasteiger partial charge on any atom is 0.196 e. The van der Waals surface area contributed by atoms with Gasteiger partial charge in [0.05, 0.1) is 0 Å². The second-order valence-corrected chi connectivity index (χ2v) is 5.01. The zero-order valence-corrected chi connectivity index (χ0v) is 9.51. The van der Waals surface area contributed by atoms with Gasteiger partial charge in [-0.3, -0.25) is 0 Å². The van der Waals surface area contributed by atoms with Crippen LogP contribution in [0.2, 0.25) is 0 Å². The van der Waals surface area contributed by atoms with Gasteiger partial charge in [-0.15, -0.1) is 25.3 Å². The maximum absolute atomic E-state index is 12.7. The Hall–Kier alpha value is 0.630. The Kier molecular flexibility index (Phi) is 7.45. The van der Waals surface area contributed by atoms with E-state index in [4.69, 9.17) is 0 Å². The van der Waals surface area contributed by atoms with E-state index in [-0.39, 0.29) is 0 Å². The van der Waals surface area contributed by atoms with Crippen molar-refractivity contribution in [3.8, 4) is 0 Å². The van der Waals surface area contributed by atoms with Crippen LogP contribution >= 0.6 is 25.3 Å². The molecule has 0 aromatic rings. The molecule has 0 aromatic carbocycles. The number of thiol groups is 2. The van der Waals surface area contributed by atoms with Crippen molar-refractivity contribution in [2.75, 3.05) is 0 Å². The minimum absolute atomic E-state index is 0.450. The highest BCUT2D eigenvalue weighted by atomic mass is 32.2. The molecule has 0 heterocycles. The molecular weight excluding hydrogens is 191 g/mol. The molecule has 0 amide bonds. The smallest absolute Gasteiger partial charge is 0.196 e. The van der Waals surface area contributed by atoms with Crippen LogP contribution < -0.4 is 0 Å². The van der Waals surface area contributed by atoms with E-state index in [2.05, 4.69) is 32.2 Å². The molecule has 0 spiro atoms. The molecule has 0 aliphatic heterocycles. The van der Waals surface area contributed by atoms with Crippen LogP contribution in [0.3, 0.4) is 0 Å². The fourth-order valence-electron chi connectivity index (χ4n) is 1.13. The summed E-state index contributed by atoms with van der Waals surface area (Å²) in [5.74, 6) is 0. The van der Waals surface area contributed by atoms with E-state index < -0.39 is 4.33 Å². The third kappa shape index (κ3) is 10.6. The summed E-state index contributed by atoms with van der Waals surface area (Å²) in [5.41, 5.74) is 0. The van der Waals surface area contributed by atoms with Crippen molar-refractivity contribution < 1.29 is 4.39 Å². The molecule has 12 heavy (non-hydrogen) atoms. The van der Waals surface area contributed by atoms with Gasteiger partial charge in [-0.25, -0.2) is 4.39 Å². The molecule has 0 atom stereocenters. The topological polar surface area (TPSA) is 0 Å². The second-order valence-electron chi connectivity index (χ2n) is 3.24. The summed E-state index contributed by atoms with van der Waals surface area (Å²) in [7, 11) is 0. The number of hydrogen-bond acceptors (Lipinski definition) is 2. The predicted octanol–water partition coefficient (Wildman–Crippen LogP) is 4.22. The third-order valence-electron chi connectivity index (χ3n) is 1.85. The van der Waals surface area contributed by atoms with Gasteiger partial charge in [0.25, 0.3) is 0 Å². The van der Waals surface area contributed by atoms with E-state index in [1.807, 2.05) is 0 Å². The number of alkyl halides is 1. The number of rotatable bonds is 7. The van der Waals surface area contributed by atoms with Gasteiger partial charge >= 0.3 is 0 Å². The first-order chi connectivity index (χ1) is 5.56. The van der Waals surface area contributed by atoms with Crippen LogP contribution in [0, 0.1) is 0 Å². The molecule has 0 aromatic heterocycles. The molecule has 0 N–H and O–H groups in total. The van der Waals surface area contributed by atoms with Gasteiger partial charge in [-0.1, -0.05) is 39.0 Å². The number of unbranched alkanes of at least 4 members (excludes halogenated alkanes) is 5. The third-order valence-corrected chi connectivity index (χ3v) is 2.30. The van der Waals surface area contributed by atoms with Crippen molar-refractivity contribution in [2.45, 2.75) is 56.2 Å². The lowest BCUT2D eigenvalue weighted by Gasteiger charge is -2.10. The molecule has 0 bridgehead atoms. The molecule has 0 rings (SSSR count). The molecule has 0 fully saturated rings. The summed E-state index contributed by atoms with van der Waals surface area (Å²) < 4.78 is 11.1. The zero-order valence-electron chi connectivity index (χ0n) is 7.72. The maximum atomic E-state index is 12.7. The summed E-state index contributed by atoms with van der Waals surface area (Å²) in [6, 6.07) is 0. The quantitative estimate of drug-likeness (QED) is 0.351. The first kappa shape index (κ1) is 12.6. The summed E-state index contributed by atoms with van der Waals surface area (Å²) in [5, 5.41) is 0. The highest BCUT2D eigenvalue weighted by molar-refractivity contribution is 8.00. The van der Waals surface area contributed by atoms with Gasteiger partial charge in [-0.2, -0.15) is 0 Å². The van der Waals surface area contributed by atoms with Crippen molar-refractivity contribution in [1.82, 2.24) is 0 Å². The minimum Gasteiger partial charge on any atom is -0.220 e. The molecular formula is C9H19FS2. The molecule has 0 aliphatic rings. The summed E-state index contributed by atoms with van der Waals surface area (Å²) in [6.07, 6.45) is 7.49. The summed E-state index contributed by atoms with van der Waals surface area (Å²) in [4.78, 5) is 0. The first-order valence-electron chi connectivity index (χ1n) is 4.70. The molecule has 0 aliphatic carbocycles. The van der Waals surface area contributed by atoms with E-state index in [0.717, 1.165) is 12.8 Å². The largest absolute Gasteiger partial charge is 0.220 e. The number of halogens is 1. The van der Waals surface area contributed by atoms with Crippen molar-refractivity contribution in [3.63, 3.8) is 0 Å². The highest BCUT2D eigenvalue weighted by Crippen LogP contribution is 2.28. The Balaban J connectivity index is 3.01. The van der Waals surface area contributed by atoms with E-state index in [1.54, 1.807) is 0 Å². The van der Waals surface area contributed by atoms with Gasteiger partial charge < -0.3 is 0 Å². The van der Waals surface area contributed by atoms with Crippen molar-refractivity contribution in [1.29, 1.82) is 0 Å². The van der Waals surface area contributed by atoms with Gasteiger partial charge in [0.2, 0.25) is 0 Å². The Morgan fingerprint density at radius 3 is 2.00 bits per heavy atom. The van der Waals surface area contributed by atoms with Gasteiger partial charge in [0, 0.05) is 6.42 Å². The van der Waals surface area contributed by atoms with Crippen LogP contribution in [-0.4, -0.2) is 4.33 Å². The monoisotopic (exact) mass is 210 g/mol. The van der Waals surface area contributed by atoms with E-state index in [9.17, 15) is 4.39 Å². The Bertz CT molecular complexity index is 99.2. The standard InChI is InChI=1S/C9H19FS2/c1-2-3-4-5-6-7-8-9(10,11)12/h11-12H,2-8H2,1H3. The van der Waals surface area contributed by atoms with E-state index in [1.165, 1.54) is 25.7 Å². The molecule has 0 saturated carbocycles. The fraction of sp³-hybridized carbons (Fsp3) is 1.00. The number of hydrogen-bond donors (Lipinski definition) is 2. The summed E-state index contributed by atoms with van der Waals surface area (Å²) in [6.45, 7) is 2.19. The highest BCUT2D eigenvalue weighted by Gasteiger charge is 2.16. The fourth-order valence-corrected chi connectivity index (χ4v) is 1.45. The predicted molar refractivity (Wildman–Crippen MR) is 59.8 cm³/mol. The summed E-state index contributed by atoms with van der Waals surface area (Å²) >= 11 is 7.39. The van der Waals surface area contributed by atoms with E-state index in [0.29, 0.717) is 6.42 Å². The van der Waals surface area contributed by atoms with Gasteiger partial charge in [0.15, 0.2) is 4.33 Å². The lowest BCUT2D eigenvalue weighted by Crippen LogP contribution is -2.02. The SMILES string of the molecule is CCCCCCCCC(F)(S)S. The van der Waals surface area contributed by atoms with Crippen molar-refractivity contribution >= 4 is 25.3 Å². The van der Waals surface area contributed by atoms with Crippen LogP contribution in [0.25, 0.3) is 0 Å². The Morgan fingerprint density at radius 1 is 1.00 bits per heavy atom. The second kappa shape index (κ2) is 7.07. The first-order valence-corrected chi connectivity index (χ1v) is 5.59. The molecule has 0 nitrogen and oxygen atoms in total. The zero-order chi connectivity index (χ0) is 9.45. The normalized spacial score (nSPS) is 12.0. The molecule has 0 radical (unpaired) electrons. The van der Waals surface area contributed by atoms with Crippen LogP contribution in [0.15, 0.2) is 0 Å². The van der Waals surface area contributed by atoms with Gasteiger partial charge in [-0.05, 0) is 6.42 Å².